The number of sulfonamides is 3. The summed E-state index contributed by atoms with van der Waals surface area (Å²) in [5, 5.41) is 2.64. The van der Waals surface area contributed by atoms with Crippen molar-refractivity contribution < 1.29 is 30.0 Å². The van der Waals surface area contributed by atoms with E-state index in [0.717, 1.165) is 19.7 Å². The Morgan fingerprint density at radius 1 is 0.689 bits per heavy atom. The smallest absolute Gasteiger partial charge is 0.261 e. The highest BCUT2D eigenvalue weighted by Crippen LogP contribution is 2.27. The van der Waals surface area contributed by atoms with Gasteiger partial charge < -0.3 is 5.32 Å². The van der Waals surface area contributed by atoms with Gasteiger partial charge >= 0.3 is 0 Å². The van der Waals surface area contributed by atoms with Crippen molar-refractivity contribution in [2.75, 3.05) is 29.7 Å². The normalized spacial score (nSPS) is 16.6. The van der Waals surface area contributed by atoms with E-state index in [4.69, 9.17) is 0 Å². The Morgan fingerprint density at radius 3 is 1.87 bits per heavy atom. The molecule has 0 bridgehead atoms. The Bertz CT molecular complexity index is 2020. The van der Waals surface area contributed by atoms with Crippen LogP contribution in [0.3, 0.4) is 0 Å². The molecule has 45 heavy (non-hydrogen) atoms. The molecule has 0 saturated carbocycles. The highest BCUT2D eigenvalue weighted by molar-refractivity contribution is 7.92. The first-order chi connectivity index (χ1) is 21.3. The third-order valence-electron chi connectivity index (χ3n) is 7.40. The zero-order valence-electron chi connectivity index (χ0n) is 24.5. The number of nitrogens with one attached hydrogen (secondary N) is 2. The molecule has 4 aromatic carbocycles. The third-order valence-corrected chi connectivity index (χ3v) is 12.6. The van der Waals surface area contributed by atoms with Crippen LogP contribution in [0, 0.1) is 13.8 Å². The Labute approximate surface area is 263 Å². The topological polar surface area (TPSA) is 150 Å². The van der Waals surface area contributed by atoms with Crippen molar-refractivity contribution in [3.8, 4) is 0 Å². The van der Waals surface area contributed by atoms with Gasteiger partial charge in [0.25, 0.3) is 10.0 Å². The molecule has 1 heterocycles. The maximum absolute atomic E-state index is 13.7. The summed E-state index contributed by atoms with van der Waals surface area (Å²) in [5.74, 6) is -0.772. The summed E-state index contributed by atoms with van der Waals surface area (Å²) < 4.78 is 84.8. The summed E-state index contributed by atoms with van der Waals surface area (Å²) in [7, 11) is -12.2. The minimum Gasteiger partial charge on any atom is -0.325 e. The standard InChI is InChI=1S/C31H32N4O7S3/c1-23-13-14-24(2)29(21-23)33-43(37,38)26-17-15-25(16-18-26)32-31(36)30-22-34(44(39,40)27-9-5-3-6-10-27)19-20-35(30)45(41,42)28-11-7-4-8-12-28/h3-18,21,30,33H,19-20,22H2,1-2H3,(H,32,36)/t30-/m0/s1. The highest BCUT2D eigenvalue weighted by atomic mass is 32.2. The quantitative estimate of drug-likeness (QED) is 0.276. The molecule has 0 aromatic heterocycles. The van der Waals surface area contributed by atoms with E-state index < -0.39 is 48.6 Å². The molecule has 2 N–H and O–H groups in total. The average Bonchev–Trinajstić information content (AvgIpc) is 3.03. The fourth-order valence-electron chi connectivity index (χ4n) is 4.92. The Hall–Kier alpha value is -4.08. The van der Waals surface area contributed by atoms with Gasteiger partial charge in [-0.15, -0.1) is 0 Å². The molecule has 1 atom stereocenters. The van der Waals surface area contributed by atoms with Crippen molar-refractivity contribution in [3.63, 3.8) is 0 Å². The van der Waals surface area contributed by atoms with Crippen LogP contribution in [-0.4, -0.2) is 65.4 Å². The Morgan fingerprint density at radius 2 is 1.27 bits per heavy atom. The van der Waals surface area contributed by atoms with Gasteiger partial charge in [-0.2, -0.15) is 8.61 Å². The fraction of sp³-hybridized carbons (Fsp3) is 0.194. The maximum atomic E-state index is 13.7. The van der Waals surface area contributed by atoms with E-state index in [1.807, 2.05) is 19.1 Å². The lowest BCUT2D eigenvalue weighted by Gasteiger charge is -2.38. The van der Waals surface area contributed by atoms with Gasteiger partial charge in [0.2, 0.25) is 26.0 Å². The second kappa shape index (κ2) is 12.7. The number of piperazine rings is 1. The number of hydrogen-bond donors (Lipinski definition) is 2. The van der Waals surface area contributed by atoms with Gasteiger partial charge in [-0.25, -0.2) is 25.3 Å². The van der Waals surface area contributed by atoms with Crippen LogP contribution >= 0.6 is 0 Å². The minimum atomic E-state index is -4.18. The molecular weight excluding hydrogens is 637 g/mol. The van der Waals surface area contributed by atoms with Gasteiger partial charge in [-0.3, -0.25) is 9.52 Å². The van der Waals surface area contributed by atoms with Gasteiger partial charge in [0.05, 0.1) is 20.4 Å². The second-order valence-electron chi connectivity index (χ2n) is 10.6. The molecule has 0 spiro atoms. The molecular formula is C31H32N4O7S3. The number of carbonyl (C=O) groups excluding carboxylic acids is 1. The van der Waals surface area contributed by atoms with Crippen LogP contribution in [0.15, 0.2) is 118 Å². The lowest BCUT2D eigenvalue weighted by atomic mass is 10.1. The van der Waals surface area contributed by atoms with E-state index in [1.54, 1.807) is 49.4 Å². The second-order valence-corrected chi connectivity index (χ2v) is 16.1. The van der Waals surface area contributed by atoms with Crippen molar-refractivity contribution in [2.24, 2.45) is 0 Å². The summed E-state index contributed by atoms with van der Waals surface area (Å²) in [6.07, 6.45) is 0. The number of aryl methyl sites for hydroxylation is 2. The van der Waals surface area contributed by atoms with Crippen molar-refractivity contribution in [1.82, 2.24) is 8.61 Å². The largest absolute Gasteiger partial charge is 0.325 e. The molecule has 11 nitrogen and oxygen atoms in total. The summed E-state index contributed by atoms with van der Waals surface area (Å²) in [5.41, 5.74) is 2.28. The summed E-state index contributed by atoms with van der Waals surface area (Å²) in [4.78, 5) is 13.6. The minimum absolute atomic E-state index is 0.0230. The van der Waals surface area contributed by atoms with Crippen LogP contribution in [0.4, 0.5) is 11.4 Å². The molecule has 4 aromatic rings. The Balaban J connectivity index is 1.40. The van der Waals surface area contributed by atoms with Crippen molar-refractivity contribution in [1.29, 1.82) is 0 Å². The third kappa shape index (κ3) is 6.94. The number of amides is 1. The van der Waals surface area contributed by atoms with Crippen LogP contribution in [0.2, 0.25) is 0 Å². The fourth-order valence-corrected chi connectivity index (χ4v) is 9.09. The molecule has 236 valence electrons. The van der Waals surface area contributed by atoms with Crippen LogP contribution in [0.25, 0.3) is 0 Å². The zero-order valence-corrected chi connectivity index (χ0v) is 26.9. The van der Waals surface area contributed by atoms with Crippen molar-refractivity contribution >= 4 is 47.4 Å². The van der Waals surface area contributed by atoms with Crippen LogP contribution in [-0.2, 0) is 34.9 Å². The number of benzene rings is 4. The van der Waals surface area contributed by atoms with E-state index in [-0.39, 0.29) is 33.5 Å². The van der Waals surface area contributed by atoms with Gasteiger partial charge in [-0.1, -0.05) is 48.5 Å². The summed E-state index contributed by atoms with van der Waals surface area (Å²) in [6.45, 7) is 2.79. The van der Waals surface area contributed by atoms with Crippen LogP contribution in [0.5, 0.6) is 0 Å². The number of nitrogens with zero attached hydrogens (tertiary/aromatic N) is 2. The van der Waals surface area contributed by atoms with Crippen molar-refractivity contribution in [3.05, 3.63) is 114 Å². The predicted octanol–water partition coefficient (Wildman–Crippen LogP) is 3.81. The predicted molar refractivity (Wildman–Crippen MR) is 171 cm³/mol. The first kappa shape index (κ1) is 32.3. The number of rotatable bonds is 9. The highest BCUT2D eigenvalue weighted by Gasteiger charge is 2.43. The van der Waals surface area contributed by atoms with Gasteiger partial charge in [0.1, 0.15) is 6.04 Å². The van der Waals surface area contributed by atoms with E-state index in [2.05, 4.69) is 10.0 Å². The first-order valence-corrected chi connectivity index (χ1v) is 18.3. The van der Waals surface area contributed by atoms with E-state index in [1.165, 1.54) is 48.5 Å². The van der Waals surface area contributed by atoms with Gasteiger partial charge in [-0.05, 0) is 79.6 Å². The maximum Gasteiger partial charge on any atom is 0.261 e. The van der Waals surface area contributed by atoms with Crippen LogP contribution in [0.1, 0.15) is 11.1 Å². The van der Waals surface area contributed by atoms with Gasteiger partial charge in [0.15, 0.2) is 0 Å². The zero-order chi connectivity index (χ0) is 32.4. The Kier molecular flexibility index (Phi) is 9.14. The first-order valence-electron chi connectivity index (χ1n) is 13.9. The average molecular weight is 669 g/mol. The molecule has 5 rings (SSSR count). The van der Waals surface area contributed by atoms with E-state index in [9.17, 15) is 30.0 Å². The molecule has 1 amide bonds. The summed E-state index contributed by atoms with van der Waals surface area (Å²) in [6, 6.07) is 24.7. The molecule has 0 unspecified atom stereocenters. The molecule has 1 aliphatic rings. The lowest BCUT2D eigenvalue weighted by Crippen LogP contribution is -2.60. The van der Waals surface area contributed by atoms with Gasteiger partial charge in [0, 0.05) is 25.3 Å². The van der Waals surface area contributed by atoms with Crippen LogP contribution < -0.4 is 10.0 Å². The molecule has 1 aliphatic heterocycles. The van der Waals surface area contributed by atoms with Crippen molar-refractivity contribution in [2.45, 2.75) is 34.6 Å². The van der Waals surface area contributed by atoms with E-state index >= 15 is 0 Å². The SMILES string of the molecule is Cc1ccc(C)c(NS(=O)(=O)c2ccc(NC(=O)[C@@H]3CN(S(=O)(=O)c4ccccc4)CCN3S(=O)(=O)c3ccccc3)cc2)c1. The number of anilines is 2. The molecule has 1 saturated heterocycles. The number of hydrogen-bond acceptors (Lipinski definition) is 7. The monoisotopic (exact) mass is 668 g/mol. The molecule has 14 heteroatoms. The molecule has 0 aliphatic carbocycles. The molecule has 1 fully saturated rings. The molecule has 0 radical (unpaired) electrons. The van der Waals surface area contributed by atoms with E-state index in [0.29, 0.717) is 5.69 Å². The summed E-state index contributed by atoms with van der Waals surface area (Å²) >= 11 is 0. The number of carbonyl (C=O) groups is 1. The lowest BCUT2D eigenvalue weighted by molar-refractivity contribution is -0.120.